The van der Waals surface area contributed by atoms with E-state index in [1.807, 2.05) is 48.1 Å². The van der Waals surface area contributed by atoms with E-state index in [1.165, 1.54) is 0 Å². The summed E-state index contributed by atoms with van der Waals surface area (Å²) in [4.78, 5) is 24.6. The number of hydrogen-bond acceptors (Lipinski definition) is 2. The number of carbonyl (C=O) groups excluding carboxylic acids is 2. The van der Waals surface area contributed by atoms with Crippen LogP contribution in [0.25, 0.3) is 10.9 Å². The molecule has 2 N–H and O–H groups in total. The van der Waals surface area contributed by atoms with Crippen molar-refractivity contribution >= 4 is 28.4 Å². The SMILES string of the molecule is CC(NC(=O)c1ccccc1)C(=O)Nc1cccc2ccn(C)c12. The maximum Gasteiger partial charge on any atom is 0.251 e. The van der Waals surface area contributed by atoms with Gasteiger partial charge in [0.2, 0.25) is 5.91 Å². The molecule has 1 atom stereocenters. The molecule has 0 saturated heterocycles. The van der Waals surface area contributed by atoms with Crippen molar-refractivity contribution in [2.45, 2.75) is 13.0 Å². The molecule has 2 aromatic carbocycles. The normalized spacial score (nSPS) is 11.9. The van der Waals surface area contributed by atoms with Crippen molar-refractivity contribution in [3.05, 3.63) is 66.4 Å². The summed E-state index contributed by atoms with van der Waals surface area (Å²) in [6.45, 7) is 1.67. The lowest BCUT2D eigenvalue weighted by Gasteiger charge is -2.15. The first-order chi connectivity index (χ1) is 11.6. The van der Waals surface area contributed by atoms with Crippen LogP contribution >= 0.6 is 0 Å². The Bertz CT molecular complexity index is 884. The van der Waals surface area contributed by atoms with Gasteiger partial charge in [-0.2, -0.15) is 0 Å². The quantitative estimate of drug-likeness (QED) is 0.776. The lowest BCUT2D eigenvalue weighted by molar-refractivity contribution is -0.117. The van der Waals surface area contributed by atoms with Gasteiger partial charge in [0.1, 0.15) is 6.04 Å². The number of nitrogens with zero attached hydrogens (tertiary/aromatic N) is 1. The molecule has 24 heavy (non-hydrogen) atoms. The number of rotatable bonds is 4. The molecule has 0 aliphatic heterocycles. The number of anilines is 1. The second kappa shape index (κ2) is 6.58. The number of fused-ring (bicyclic) bond motifs is 1. The molecule has 5 heteroatoms. The first-order valence-corrected chi connectivity index (χ1v) is 7.77. The van der Waals surface area contributed by atoms with Crippen molar-refractivity contribution in [3.63, 3.8) is 0 Å². The summed E-state index contributed by atoms with van der Waals surface area (Å²) in [6.07, 6.45) is 1.95. The van der Waals surface area contributed by atoms with Crippen molar-refractivity contribution < 1.29 is 9.59 Å². The van der Waals surface area contributed by atoms with E-state index in [0.717, 1.165) is 16.6 Å². The van der Waals surface area contributed by atoms with Crippen LogP contribution in [0.3, 0.4) is 0 Å². The maximum absolute atomic E-state index is 12.4. The molecule has 1 heterocycles. The molecule has 0 fully saturated rings. The molecule has 5 nitrogen and oxygen atoms in total. The van der Waals surface area contributed by atoms with E-state index in [4.69, 9.17) is 0 Å². The van der Waals surface area contributed by atoms with Gasteiger partial charge in [-0.05, 0) is 31.2 Å². The van der Waals surface area contributed by atoms with Crippen LogP contribution in [0.1, 0.15) is 17.3 Å². The van der Waals surface area contributed by atoms with Crippen molar-refractivity contribution in [1.82, 2.24) is 9.88 Å². The lowest BCUT2D eigenvalue weighted by atomic mass is 10.2. The van der Waals surface area contributed by atoms with Crippen molar-refractivity contribution in [3.8, 4) is 0 Å². The molecule has 0 aliphatic carbocycles. The third-order valence-electron chi connectivity index (χ3n) is 3.93. The van der Waals surface area contributed by atoms with E-state index >= 15 is 0 Å². The summed E-state index contributed by atoms with van der Waals surface area (Å²) in [5, 5.41) is 6.66. The summed E-state index contributed by atoms with van der Waals surface area (Å²) in [5.74, 6) is -0.525. The van der Waals surface area contributed by atoms with E-state index in [-0.39, 0.29) is 11.8 Å². The molecule has 2 amide bonds. The number of amides is 2. The predicted molar refractivity (Wildman–Crippen MR) is 94.9 cm³/mol. The second-order valence-corrected chi connectivity index (χ2v) is 5.72. The second-order valence-electron chi connectivity index (χ2n) is 5.72. The first-order valence-electron chi connectivity index (χ1n) is 7.77. The predicted octanol–water partition coefficient (Wildman–Crippen LogP) is 2.94. The van der Waals surface area contributed by atoms with Gasteiger partial charge < -0.3 is 15.2 Å². The fourth-order valence-corrected chi connectivity index (χ4v) is 2.63. The maximum atomic E-state index is 12.4. The highest BCUT2D eigenvalue weighted by Crippen LogP contribution is 2.23. The van der Waals surface area contributed by atoms with Gasteiger partial charge in [0.05, 0.1) is 11.2 Å². The van der Waals surface area contributed by atoms with Crippen LogP contribution in [0.4, 0.5) is 5.69 Å². The highest BCUT2D eigenvalue weighted by atomic mass is 16.2. The van der Waals surface area contributed by atoms with E-state index in [0.29, 0.717) is 5.56 Å². The molecule has 0 saturated carbocycles. The molecule has 122 valence electrons. The third-order valence-corrected chi connectivity index (χ3v) is 3.93. The molecule has 0 radical (unpaired) electrons. The minimum atomic E-state index is -0.645. The Hall–Kier alpha value is -3.08. The van der Waals surface area contributed by atoms with Crippen LogP contribution in [0, 0.1) is 0 Å². The van der Waals surface area contributed by atoms with Crippen LogP contribution in [0.2, 0.25) is 0 Å². The molecule has 3 aromatic rings. The zero-order valence-electron chi connectivity index (χ0n) is 13.6. The van der Waals surface area contributed by atoms with Crippen LogP contribution in [0.5, 0.6) is 0 Å². The van der Waals surface area contributed by atoms with Crippen molar-refractivity contribution in [2.24, 2.45) is 7.05 Å². The number of carbonyl (C=O) groups is 2. The third kappa shape index (κ3) is 3.15. The minimum Gasteiger partial charge on any atom is -0.349 e. The van der Waals surface area contributed by atoms with Crippen LogP contribution in [-0.2, 0) is 11.8 Å². The van der Waals surface area contributed by atoms with Crippen molar-refractivity contribution in [2.75, 3.05) is 5.32 Å². The summed E-state index contributed by atoms with van der Waals surface area (Å²) in [6, 6.07) is 15.9. The molecule has 0 spiro atoms. The van der Waals surface area contributed by atoms with Crippen LogP contribution in [0.15, 0.2) is 60.8 Å². The number of aryl methyl sites for hydroxylation is 1. The Kier molecular flexibility index (Phi) is 4.33. The Morgan fingerprint density at radius 1 is 1.00 bits per heavy atom. The molecule has 3 rings (SSSR count). The van der Waals surface area contributed by atoms with Gasteiger partial charge in [-0.1, -0.05) is 30.3 Å². The standard InChI is InChI=1S/C19H19N3O2/c1-13(20-19(24)15-7-4-3-5-8-15)18(23)21-16-10-6-9-14-11-12-22(2)17(14)16/h3-13H,1-2H3,(H,20,24)(H,21,23). The summed E-state index contributed by atoms with van der Waals surface area (Å²) in [7, 11) is 1.93. The Morgan fingerprint density at radius 2 is 1.75 bits per heavy atom. The molecular formula is C19H19N3O2. The molecular weight excluding hydrogens is 302 g/mol. The zero-order chi connectivity index (χ0) is 17.1. The lowest BCUT2D eigenvalue weighted by Crippen LogP contribution is -2.41. The van der Waals surface area contributed by atoms with E-state index < -0.39 is 6.04 Å². The Balaban J connectivity index is 1.72. The molecule has 1 aromatic heterocycles. The monoisotopic (exact) mass is 321 g/mol. The smallest absolute Gasteiger partial charge is 0.251 e. The number of aromatic nitrogens is 1. The average Bonchev–Trinajstić information content (AvgIpc) is 2.98. The van der Waals surface area contributed by atoms with Crippen LogP contribution in [-0.4, -0.2) is 22.4 Å². The fourth-order valence-electron chi connectivity index (χ4n) is 2.63. The molecule has 0 aliphatic rings. The highest BCUT2D eigenvalue weighted by molar-refractivity contribution is 6.05. The van der Waals surface area contributed by atoms with Gasteiger partial charge in [-0.3, -0.25) is 9.59 Å². The zero-order valence-corrected chi connectivity index (χ0v) is 13.6. The fraction of sp³-hybridized carbons (Fsp3) is 0.158. The van der Waals surface area contributed by atoms with Gasteiger partial charge in [0.15, 0.2) is 0 Å². The number of para-hydroxylation sites is 1. The van der Waals surface area contributed by atoms with E-state index in [9.17, 15) is 9.59 Å². The molecule has 1 unspecified atom stereocenters. The van der Waals surface area contributed by atoms with E-state index in [2.05, 4.69) is 10.6 Å². The van der Waals surface area contributed by atoms with E-state index in [1.54, 1.807) is 31.2 Å². The van der Waals surface area contributed by atoms with Gasteiger partial charge in [0, 0.05) is 24.2 Å². The largest absolute Gasteiger partial charge is 0.349 e. The number of benzene rings is 2. The molecule has 0 bridgehead atoms. The Labute approximate surface area is 140 Å². The average molecular weight is 321 g/mol. The van der Waals surface area contributed by atoms with Gasteiger partial charge in [-0.25, -0.2) is 0 Å². The summed E-state index contributed by atoms with van der Waals surface area (Å²) >= 11 is 0. The van der Waals surface area contributed by atoms with Gasteiger partial charge in [0.25, 0.3) is 5.91 Å². The summed E-state index contributed by atoms with van der Waals surface area (Å²) < 4.78 is 1.96. The first kappa shape index (κ1) is 15.8. The van der Waals surface area contributed by atoms with Gasteiger partial charge in [-0.15, -0.1) is 0 Å². The minimum absolute atomic E-state index is 0.256. The topological polar surface area (TPSA) is 63.1 Å². The van der Waals surface area contributed by atoms with Crippen molar-refractivity contribution in [1.29, 1.82) is 0 Å². The number of hydrogen-bond donors (Lipinski definition) is 2. The Morgan fingerprint density at radius 3 is 2.50 bits per heavy atom. The van der Waals surface area contributed by atoms with Gasteiger partial charge >= 0.3 is 0 Å². The van der Waals surface area contributed by atoms with Crippen LogP contribution < -0.4 is 10.6 Å². The number of nitrogens with one attached hydrogen (secondary N) is 2. The summed E-state index contributed by atoms with van der Waals surface area (Å²) in [5.41, 5.74) is 2.21. The highest BCUT2D eigenvalue weighted by Gasteiger charge is 2.17.